The van der Waals surface area contributed by atoms with Crippen LogP contribution in [0.1, 0.15) is 12.0 Å². The molecule has 0 aliphatic carbocycles. The number of aliphatic carboxylic acids is 1. The van der Waals surface area contributed by atoms with Gasteiger partial charge in [0.05, 0.1) is 0 Å². The monoisotopic (exact) mass is 274 g/mol. The van der Waals surface area contributed by atoms with Crippen LogP contribution in [0.5, 0.6) is 0 Å². The molecule has 0 bridgehead atoms. The second kappa shape index (κ2) is 4.48. The zero-order valence-corrected chi connectivity index (χ0v) is 10.4. The van der Waals surface area contributed by atoms with Gasteiger partial charge in [-0.3, -0.25) is 9.59 Å². The minimum absolute atomic E-state index is 0.0451. The van der Waals surface area contributed by atoms with Crippen LogP contribution in [-0.4, -0.2) is 21.0 Å². The smallest absolute Gasteiger partial charge is 0.303 e. The molecule has 0 fully saturated rings. The van der Waals surface area contributed by atoms with Crippen molar-refractivity contribution in [2.24, 2.45) is 0 Å². The number of aromatic amines is 2. The van der Waals surface area contributed by atoms with E-state index < -0.39 is 11.8 Å². The molecule has 6 heteroatoms. The molecule has 3 rings (SSSR count). The zero-order chi connectivity index (χ0) is 14.3. The molecular formula is C14H11FN2O3. The van der Waals surface area contributed by atoms with Crippen LogP contribution < -0.4 is 5.56 Å². The van der Waals surface area contributed by atoms with Crippen LogP contribution in [0.3, 0.4) is 0 Å². The van der Waals surface area contributed by atoms with Crippen molar-refractivity contribution in [2.45, 2.75) is 12.8 Å². The highest BCUT2D eigenvalue weighted by molar-refractivity contribution is 6.06. The Morgan fingerprint density at radius 3 is 2.90 bits per heavy atom. The van der Waals surface area contributed by atoms with Gasteiger partial charge in [0.1, 0.15) is 11.3 Å². The summed E-state index contributed by atoms with van der Waals surface area (Å²) in [5.74, 6) is -1.32. The average molecular weight is 274 g/mol. The molecule has 2 heterocycles. The van der Waals surface area contributed by atoms with Crippen molar-refractivity contribution in [1.82, 2.24) is 9.97 Å². The largest absolute Gasteiger partial charge is 0.481 e. The summed E-state index contributed by atoms with van der Waals surface area (Å²) in [5, 5.41) is 9.92. The number of benzene rings is 1. The molecule has 2 aromatic heterocycles. The number of nitrogens with one attached hydrogen (secondary N) is 2. The summed E-state index contributed by atoms with van der Waals surface area (Å²) in [5.41, 5.74) is 1.26. The third-order valence-corrected chi connectivity index (χ3v) is 3.30. The Labute approximate surface area is 112 Å². The number of pyridine rings is 1. The van der Waals surface area contributed by atoms with Crippen molar-refractivity contribution >= 4 is 27.8 Å². The van der Waals surface area contributed by atoms with Gasteiger partial charge in [0, 0.05) is 28.9 Å². The summed E-state index contributed by atoms with van der Waals surface area (Å²) in [6.45, 7) is 0. The molecule has 0 aliphatic heterocycles. The lowest BCUT2D eigenvalue weighted by Crippen LogP contribution is -2.06. The molecular weight excluding hydrogens is 263 g/mol. The lowest BCUT2D eigenvalue weighted by atomic mass is 10.0. The van der Waals surface area contributed by atoms with E-state index in [9.17, 15) is 14.0 Å². The van der Waals surface area contributed by atoms with Gasteiger partial charge >= 0.3 is 5.97 Å². The van der Waals surface area contributed by atoms with Crippen LogP contribution in [0.25, 0.3) is 21.8 Å². The molecule has 3 N–H and O–H groups in total. The fourth-order valence-electron chi connectivity index (χ4n) is 2.41. The molecule has 102 valence electrons. The van der Waals surface area contributed by atoms with Crippen LogP contribution >= 0.6 is 0 Å². The topological polar surface area (TPSA) is 85.9 Å². The van der Waals surface area contributed by atoms with Gasteiger partial charge in [-0.25, -0.2) is 4.39 Å². The lowest BCUT2D eigenvalue weighted by molar-refractivity contribution is -0.136. The number of hydrogen-bond donors (Lipinski definition) is 3. The van der Waals surface area contributed by atoms with Crippen molar-refractivity contribution in [3.05, 3.63) is 46.1 Å². The Morgan fingerprint density at radius 2 is 2.15 bits per heavy atom. The number of fused-ring (bicyclic) bond motifs is 3. The second-order valence-corrected chi connectivity index (χ2v) is 4.60. The second-order valence-electron chi connectivity index (χ2n) is 4.60. The summed E-state index contributed by atoms with van der Waals surface area (Å²) in [4.78, 5) is 28.1. The van der Waals surface area contributed by atoms with Gasteiger partial charge in [0.15, 0.2) is 0 Å². The van der Waals surface area contributed by atoms with Gasteiger partial charge in [0.25, 0.3) is 5.56 Å². The maximum Gasteiger partial charge on any atom is 0.303 e. The fourth-order valence-corrected chi connectivity index (χ4v) is 2.41. The number of rotatable bonds is 3. The highest BCUT2D eigenvalue weighted by atomic mass is 19.1. The quantitative estimate of drug-likeness (QED) is 0.684. The number of aromatic nitrogens is 2. The maximum absolute atomic E-state index is 13.4. The van der Waals surface area contributed by atoms with E-state index in [0.717, 1.165) is 0 Å². The van der Waals surface area contributed by atoms with Crippen molar-refractivity contribution in [1.29, 1.82) is 0 Å². The molecule has 0 amide bonds. The first-order valence-corrected chi connectivity index (χ1v) is 6.09. The molecule has 0 aliphatic rings. The minimum atomic E-state index is -0.917. The third-order valence-electron chi connectivity index (χ3n) is 3.30. The molecule has 0 radical (unpaired) electrons. The Balaban J connectivity index is 2.32. The van der Waals surface area contributed by atoms with E-state index in [-0.39, 0.29) is 18.4 Å². The van der Waals surface area contributed by atoms with Gasteiger partial charge < -0.3 is 15.1 Å². The van der Waals surface area contributed by atoms with Gasteiger partial charge in [-0.1, -0.05) is 0 Å². The van der Waals surface area contributed by atoms with Gasteiger partial charge in [-0.2, -0.15) is 0 Å². The molecule has 0 saturated carbocycles. The summed E-state index contributed by atoms with van der Waals surface area (Å²) < 4.78 is 13.4. The summed E-state index contributed by atoms with van der Waals surface area (Å²) in [6, 6.07) is 4.11. The molecule has 0 atom stereocenters. The molecule has 0 spiro atoms. The third kappa shape index (κ3) is 1.95. The van der Waals surface area contributed by atoms with Crippen LogP contribution in [-0.2, 0) is 11.2 Å². The summed E-state index contributed by atoms with van der Waals surface area (Å²) >= 11 is 0. The number of carboxylic acid groups (broad SMARTS) is 1. The molecule has 20 heavy (non-hydrogen) atoms. The number of H-pyrrole nitrogens is 2. The summed E-state index contributed by atoms with van der Waals surface area (Å²) in [7, 11) is 0. The maximum atomic E-state index is 13.4. The number of aryl methyl sites for hydroxylation is 1. The van der Waals surface area contributed by atoms with E-state index in [2.05, 4.69) is 9.97 Å². The number of hydrogen-bond acceptors (Lipinski definition) is 2. The Morgan fingerprint density at radius 1 is 1.35 bits per heavy atom. The van der Waals surface area contributed by atoms with E-state index in [1.807, 2.05) is 0 Å². The SMILES string of the molecule is O=C(O)CCc1c[nH]c2c(=O)[nH]c3ccc(F)cc3c12. The number of carbonyl (C=O) groups is 1. The van der Waals surface area contributed by atoms with Crippen molar-refractivity contribution in [3.8, 4) is 0 Å². The van der Waals surface area contributed by atoms with Crippen LogP contribution in [0.15, 0.2) is 29.2 Å². The van der Waals surface area contributed by atoms with Crippen LogP contribution in [0, 0.1) is 5.82 Å². The molecule has 3 aromatic rings. The van der Waals surface area contributed by atoms with Gasteiger partial charge in [0.2, 0.25) is 0 Å². The predicted octanol–water partition coefficient (Wildman–Crippen LogP) is 2.17. The van der Waals surface area contributed by atoms with Crippen molar-refractivity contribution in [3.63, 3.8) is 0 Å². The Bertz CT molecular complexity index is 879. The van der Waals surface area contributed by atoms with Crippen molar-refractivity contribution in [2.75, 3.05) is 0 Å². The van der Waals surface area contributed by atoms with E-state index in [4.69, 9.17) is 5.11 Å². The highest BCUT2D eigenvalue weighted by Crippen LogP contribution is 2.26. The standard InChI is InChI=1S/C14H11FN2O3/c15-8-2-3-10-9(5-8)12-7(1-4-11(18)19)6-16-13(12)14(20)17-10/h2-3,5-6,16H,1,4H2,(H,17,20)(H,18,19). The first kappa shape index (κ1) is 12.4. The first-order valence-electron chi connectivity index (χ1n) is 6.09. The summed E-state index contributed by atoms with van der Waals surface area (Å²) in [6.07, 6.45) is 1.84. The minimum Gasteiger partial charge on any atom is -0.481 e. The molecule has 1 aromatic carbocycles. The Hall–Kier alpha value is -2.63. The van der Waals surface area contributed by atoms with Gasteiger partial charge in [-0.15, -0.1) is 0 Å². The zero-order valence-electron chi connectivity index (χ0n) is 10.4. The number of carboxylic acids is 1. The predicted molar refractivity (Wildman–Crippen MR) is 72.3 cm³/mol. The molecule has 5 nitrogen and oxygen atoms in total. The lowest BCUT2D eigenvalue weighted by Gasteiger charge is -2.03. The highest BCUT2D eigenvalue weighted by Gasteiger charge is 2.13. The van der Waals surface area contributed by atoms with Gasteiger partial charge in [-0.05, 0) is 30.2 Å². The molecule has 0 unspecified atom stereocenters. The fraction of sp³-hybridized carbons (Fsp3) is 0.143. The first-order chi connectivity index (χ1) is 9.56. The van der Waals surface area contributed by atoms with Crippen LogP contribution in [0.4, 0.5) is 4.39 Å². The normalized spacial score (nSPS) is 11.2. The number of halogens is 1. The van der Waals surface area contributed by atoms with E-state index in [1.54, 1.807) is 6.20 Å². The average Bonchev–Trinajstić information content (AvgIpc) is 2.82. The van der Waals surface area contributed by atoms with Crippen LogP contribution in [0.2, 0.25) is 0 Å². The Kier molecular flexibility index (Phi) is 2.78. The van der Waals surface area contributed by atoms with E-state index in [0.29, 0.717) is 27.4 Å². The van der Waals surface area contributed by atoms with E-state index >= 15 is 0 Å². The van der Waals surface area contributed by atoms with E-state index in [1.165, 1.54) is 18.2 Å². The molecule has 0 saturated heterocycles. The van der Waals surface area contributed by atoms with Crippen molar-refractivity contribution < 1.29 is 14.3 Å².